The highest BCUT2D eigenvalue weighted by Crippen LogP contribution is 2.22. The summed E-state index contributed by atoms with van der Waals surface area (Å²) in [5.74, 6) is -0.165. The maximum Gasteiger partial charge on any atom is 0.243 e. The maximum absolute atomic E-state index is 11.7. The molecule has 5 heteroatoms. The van der Waals surface area contributed by atoms with Gasteiger partial charge in [0.1, 0.15) is 0 Å². The van der Waals surface area contributed by atoms with Crippen LogP contribution in [0.3, 0.4) is 0 Å². The number of amides is 1. The third kappa shape index (κ3) is 4.47. The Morgan fingerprint density at radius 2 is 1.58 bits per heavy atom. The van der Waals surface area contributed by atoms with Crippen LogP contribution in [0.1, 0.15) is 0 Å². The second-order valence-corrected chi connectivity index (χ2v) is 4.80. The van der Waals surface area contributed by atoms with E-state index in [2.05, 4.69) is 10.6 Å². The largest absolute Gasteiger partial charge is 0.376 e. The van der Waals surface area contributed by atoms with Gasteiger partial charge in [-0.2, -0.15) is 0 Å². The number of hydrogen-bond donors (Lipinski definition) is 2. The van der Waals surface area contributed by atoms with Crippen LogP contribution in [0, 0.1) is 0 Å². The minimum atomic E-state index is -0.165. The van der Waals surface area contributed by atoms with E-state index in [0.29, 0.717) is 15.7 Å². The Bertz CT molecular complexity index is 553. The molecule has 98 valence electrons. The summed E-state index contributed by atoms with van der Waals surface area (Å²) in [5.41, 5.74) is 1.47. The molecular weight excluding hydrogens is 283 g/mol. The van der Waals surface area contributed by atoms with E-state index in [9.17, 15) is 4.79 Å². The lowest BCUT2D eigenvalue weighted by atomic mass is 10.3. The summed E-state index contributed by atoms with van der Waals surface area (Å²) in [6, 6.07) is 14.4. The SMILES string of the molecule is O=C(CNc1ccccc1)Nc1cc(Cl)cc(Cl)c1. The second-order valence-electron chi connectivity index (χ2n) is 3.93. The minimum Gasteiger partial charge on any atom is -0.376 e. The van der Waals surface area contributed by atoms with Gasteiger partial charge >= 0.3 is 0 Å². The third-order valence-corrected chi connectivity index (χ3v) is 2.81. The molecule has 0 spiro atoms. The molecule has 0 saturated heterocycles. The molecule has 0 atom stereocenters. The van der Waals surface area contributed by atoms with E-state index in [0.717, 1.165) is 5.69 Å². The average molecular weight is 295 g/mol. The molecule has 2 aromatic carbocycles. The first-order valence-electron chi connectivity index (χ1n) is 5.68. The van der Waals surface area contributed by atoms with Gasteiger partial charge in [-0.25, -0.2) is 0 Å². The van der Waals surface area contributed by atoms with Gasteiger partial charge in [0.05, 0.1) is 6.54 Å². The summed E-state index contributed by atoms with van der Waals surface area (Å²) in [6.45, 7) is 0.175. The number of halogens is 2. The number of carbonyl (C=O) groups excluding carboxylic acids is 1. The van der Waals surface area contributed by atoms with Crippen LogP contribution in [0.25, 0.3) is 0 Å². The molecule has 3 nitrogen and oxygen atoms in total. The van der Waals surface area contributed by atoms with E-state index >= 15 is 0 Å². The topological polar surface area (TPSA) is 41.1 Å². The molecule has 19 heavy (non-hydrogen) atoms. The monoisotopic (exact) mass is 294 g/mol. The Kier molecular flexibility index (Phi) is 4.66. The summed E-state index contributed by atoms with van der Waals surface area (Å²) < 4.78 is 0. The summed E-state index contributed by atoms with van der Waals surface area (Å²) >= 11 is 11.7. The van der Waals surface area contributed by atoms with Crippen LogP contribution >= 0.6 is 23.2 Å². The Labute approximate surface area is 121 Å². The Morgan fingerprint density at radius 1 is 0.947 bits per heavy atom. The lowest BCUT2D eigenvalue weighted by Gasteiger charge is -2.08. The van der Waals surface area contributed by atoms with Gasteiger partial charge in [-0.1, -0.05) is 41.4 Å². The van der Waals surface area contributed by atoms with Crippen LogP contribution < -0.4 is 10.6 Å². The lowest BCUT2D eigenvalue weighted by Crippen LogP contribution is -2.21. The standard InChI is InChI=1S/C14H12Cl2N2O/c15-10-6-11(16)8-13(7-10)18-14(19)9-17-12-4-2-1-3-5-12/h1-8,17H,9H2,(H,18,19). The van der Waals surface area contributed by atoms with E-state index in [-0.39, 0.29) is 12.5 Å². The predicted octanol–water partition coefficient (Wildman–Crippen LogP) is 4.04. The number of hydrogen-bond acceptors (Lipinski definition) is 2. The highest BCUT2D eigenvalue weighted by molar-refractivity contribution is 6.35. The van der Waals surface area contributed by atoms with Crippen molar-refractivity contribution in [3.05, 3.63) is 58.6 Å². The molecule has 0 aromatic heterocycles. The summed E-state index contributed by atoms with van der Waals surface area (Å²) in [5, 5.41) is 6.71. The van der Waals surface area contributed by atoms with Crippen molar-refractivity contribution in [2.24, 2.45) is 0 Å². The van der Waals surface area contributed by atoms with E-state index in [1.165, 1.54) is 0 Å². The molecule has 0 fully saturated rings. The van der Waals surface area contributed by atoms with Crippen LogP contribution in [0.5, 0.6) is 0 Å². The molecule has 1 amide bonds. The maximum atomic E-state index is 11.7. The highest BCUT2D eigenvalue weighted by Gasteiger charge is 2.04. The molecule has 0 saturated carbocycles. The Hall–Kier alpha value is -1.71. The van der Waals surface area contributed by atoms with Crippen LogP contribution in [0.4, 0.5) is 11.4 Å². The summed E-state index contributed by atoms with van der Waals surface area (Å²) in [4.78, 5) is 11.7. The van der Waals surface area contributed by atoms with Gasteiger partial charge in [0.2, 0.25) is 5.91 Å². The molecule has 0 aliphatic heterocycles. The molecule has 0 aliphatic rings. The predicted molar refractivity (Wildman–Crippen MR) is 80.0 cm³/mol. The summed E-state index contributed by atoms with van der Waals surface area (Å²) in [6.07, 6.45) is 0. The Morgan fingerprint density at radius 3 is 2.21 bits per heavy atom. The van der Waals surface area contributed by atoms with E-state index < -0.39 is 0 Å². The normalized spacial score (nSPS) is 10.0. The smallest absolute Gasteiger partial charge is 0.243 e. The van der Waals surface area contributed by atoms with Crippen molar-refractivity contribution < 1.29 is 4.79 Å². The zero-order valence-corrected chi connectivity index (χ0v) is 11.5. The van der Waals surface area contributed by atoms with Gasteiger partial charge in [-0.15, -0.1) is 0 Å². The van der Waals surface area contributed by atoms with Crippen molar-refractivity contribution in [3.8, 4) is 0 Å². The van der Waals surface area contributed by atoms with Crippen molar-refractivity contribution in [3.63, 3.8) is 0 Å². The quantitative estimate of drug-likeness (QED) is 0.893. The Balaban J connectivity index is 1.91. The fourth-order valence-electron chi connectivity index (χ4n) is 1.57. The van der Waals surface area contributed by atoms with Crippen molar-refractivity contribution in [1.29, 1.82) is 0 Å². The molecule has 0 bridgehead atoms. The molecule has 2 N–H and O–H groups in total. The number of para-hydroxylation sites is 1. The first-order valence-corrected chi connectivity index (χ1v) is 6.44. The average Bonchev–Trinajstić information content (AvgIpc) is 2.36. The third-order valence-electron chi connectivity index (χ3n) is 2.37. The van der Waals surface area contributed by atoms with Crippen LogP contribution in [0.2, 0.25) is 10.0 Å². The molecule has 0 unspecified atom stereocenters. The van der Waals surface area contributed by atoms with Gasteiger partial charge in [0, 0.05) is 21.4 Å². The number of anilines is 2. The molecule has 0 heterocycles. The minimum absolute atomic E-state index is 0.165. The van der Waals surface area contributed by atoms with Gasteiger partial charge in [0.15, 0.2) is 0 Å². The van der Waals surface area contributed by atoms with Gasteiger partial charge in [-0.05, 0) is 30.3 Å². The first-order chi connectivity index (χ1) is 9.13. The van der Waals surface area contributed by atoms with Crippen molar-refractivity contribution in [1.82, 2.24) is 0 Å². The summed E-state index contributed by atoms with van der Waals surface area (Å²) in [7, 11) is 0. The van der Waals surface area contributed by atoms with Crippen molar-refractivity contribution >= 4 is 40.5 Å². The fraction of sp³-hybridized carbons (Fsp3) is 0.0714. The molecule has 2 rings (SSSR count). The second kappa shape index (κ2) is 6.45. The first kappa shape index (κ1) is 13.7. The molecule has 0 radical (unpaired) electrons. The van der Waals surface area contributed by atoms with Gasteiger partial charge in [0.25, 0.3) is 0 Å². The van der Waals surface area contributed by atoms with Crippen molar-refractivity contribution in [2.45, 2.75) is 0 Å². The number of rotatable bonds is 4. The molecule has 0 aliphatic carbocycles. The van der Waals surface area contributed by atoms with Crippen molar-refractivity contribution in [2.75, 3.05) is 17.2 Å². The lowest BCUT2D eigenvalue weighted by molar-refractivity contribution is -0.114. The van der Waals surface area contributed by atoms with E-state index in [4.69, 9.17) is 23.2 Å². The van der Waals surface area contributed by atoms with Gasteiger partial charge < -0.3 is 10.6 Å². The van der Waals surface area contributed by atoms with Crippen LogP contribution in [-0.4, -0.2) is 12.5 Å². The number of carbonyl (C=O) groups is 1. The molecular formula is C14H12Cl2N2O. The molecule has 2 aromatic rings. The van der Waals surface area contributed by atoms with Gasteiger partial charge in [-0.3, -0.25) is 4.79 Å². The zero-order chi connectivity index (χ0) is 13.7. The van der Waals surface area contributed by atoms with E-state index in [1.54, 1.807) is 18.2 Å². The van der Waals surface area contributed by atoms with Crippen LogP contribution in [-0.2, 0) is 4.79 Å². The fourth-order valence-corrected chi connectivity index (χ4v) is 2.10. The highest BCUT2D eigenvalue weighted by atomic mass is 35.5. The number of nitrogens with one attached hydrogen (secondary N) is 2. The number of benzene rings is 2. The zero-order valence-electron chi connectivity index (χ0n) is 9.99. The van der Waals surface area contributed by atoms with Crippen LogP contribution in [0.15, 0.2) is 48.5 Å². The van der Waals surface area contributed by atoms with E-state index in [1.807, 2.05) is 30.3 Å².